The molecule has 1 aliphatic carbocycles. The minimum Gasteiger partial charge on any atom is -0.271 e. The van der Waals surface area contributed by atoms with Crippen LogP contribution in [0.4, 0.5) is 0 Å². The highest BCUT2D eigenvalue weighted by Gasteiger charge is 2.21. The van der Waals surface area contributed by atoms with Crippen LogP contribution in [0.25, 0.3) is 0 Å². The molecule has 0 aliphatic heterocycles. The second kappa shape index (κ2) is 5.43. The molecule has 0 saturated heterocycles. The van der Waals surface area contributed by atoms with Crippen molar-refractivity contribution in [1.82, 2.24) is 5.43 Å². The normalized spacial score (nSPS) is 19.6. The Hall–Kier alpha value is 0.1000. The number of hydrazine groups is 1. The summed E-state index contributed by atoms with van der Waals surface area (Å²) in [5, 5.41) is 0. The SMILES string of the molecule is NNC(CC1CCCC1)c1ccc(Br)s1. The van der Waals surface area contributed by atoms with E-state index in [1.54, 1.807) is 11.3 Å². The molecule has 1 atom stereocenters. The Morgan fingerprint density at radius 3 is 2.73 bits per heavy atom. The van der Waals surface area contributed by atoms with Gasteiger partial charge in [-0.2, -0.15) is 0 Å². The molecule has 0 spiro atoms. The molecule has 1 aliphatic rings. The van der Waals surface area contributed by atoms with Crippen molar-refractivity contribution in [3.63, 3.8) is 0 Å². The van der Waals surface area contributed by atoms with E-state index in [1.807, 2.05) is 0 Å². The number of nitrogens with two attached hydrogens (primary N) is 1. The van der Waals surface area contributed by atoms with Crippen LogP contribution in [0.1, 0.15) is 43.0 Å². The Morgan fingerprint density at radius 1 is 1.47 bits per heavy atom. The number of nitrogens with one attached hydrogen (secondary N) is 1. The van der Waals surface area contributed by atoms with E-state index in [-0.39, 0.29) is 0 Å². The smallest absolute Gasteiger partial charge is 0.0702 e. The van der Waals surface area contributed by atoms with Gasteiger partial charge in [0.2, 0.25) is 0 Å². The topological polar surface area (TPSA) is 38.0 Å². The van der Waals surface area contributed by atoms with Crippen molar-refractivity contribution in [3.8, 4) is 0 Å². The summed E-state index contributed by atoms with van der Waals surface area (Å²) in [4.78, 5) is 1.34. The lowest BCUT2D eigenvalue weighted by Gasteiger charge is -2.18. The van der Waals surface area contributed by atoms with E-state index in [4.69, 9.17) is 5.84 Å². The molecule has 0 amide bonds. The highest BCUT2D eigenvalue weighted by Crippen LogP contribution is 2.35. The summed E-state index contributed by atoms with van der Waals surface area (Å²) in [7, 11) is 0. The molecule has 84 valence electrons. The van der Waals surface area contributed by atoms with Crippen LogP contribution in [0, 0.1) is 5.92 Å². The zero-order chi connectivity index (χ0) is 10.7. The minimum absolute atomic E-state index is 0.337. The summed E-state index contributed by atoms with van der Waals surface area (Å²) >= 11 is 5.27. The van der Waals surface area contributed by atoms with E-state index in [2.05, 4.69) is 33.5 Å². The number of rotatable bonds is 4. The first-order valence-corrected chi connectivity index (χ1v) is 7.12. The second-order valence-electron chi connectivity index (χ2n) is 4.25. The zero-order valence-corrected chi connectivity index (χ0v) is 11.1. The van der Waals surface area contributed by atoms with Crippen LogP contribution in [-0.4, -0.2) is 0 Å². The molecule has 1 unspecified atom stereocenters. The first kappa shape index (κ1) is 11.6. The molecule has 1 saturated carbocycles. The molecular weight excluding hydrogens is 272 g/mol. The highest BCUT2D eigenvalue weighted by molar-refractivity contribution is 9.11. The van der Waals surface area contributed by atoms with Gasteiger partial charge in [0.25, 0.3) is 0 Å². The molecule has 0 radical (unpaired) electrons. The largest absolute Gasteiger partial charge is 0.271 e. The van der Waals surface area contributed by atoms with Crippen molar-refractivity contribution in [1.29, 1.82) is 0 Å². The average molecular weight is 289 g/mol. The van der Waals surface area contributed by atoms with Gasteiger partial charge in [0.05, 0.1) is 9.83 Å². The third kappa shape index (κ3) is 3.03. The second-order valence-corrected chi connectivity index (χ2v) is 6.74. The fraction of sp³-hybridized carbons (Fsp3) is 0.636. The zero-order valence-electron chi connectivity index (χ0n) is 8.71. The maximum absolute atomic E-state index is 5.63. The third-order valence-corrected chi connectivity index (χ3v) is 4.92. The fourth-order valence-corrected chi connectivity index (χ4v) is 3.86. The van der Waals surface area contributed by atoms with Crippen molar-refractivity contribution in [2.45, 2.75) is 38.1 Å². The van der Waals surface area contributed by atoms with Crippen molar-refractivity contribution >= 4 is 27.3 Å². The van der Waals surface area contributed by atoms with Gasteiger partial charge < -0.3 is 0 Å². The summed E-state index contributed by atoms with van der Waals surface area (Å²) in [5.41, 5.74) is 2.95. The van der Waals surface area contributed by atoms with E-state index < -0.39 is 0 Å². The quantitative estimate of drug-likeness (QED) is 0.656. The van der Waals surface area contributed by atoms with Gasteiger partial charge in [-0.05, 0) is 40.4 Å². The Kier molecular flexibility index (Phi) is 4.20. The van der Waals surface area contributed by atoms with Crippen molar-refractivity contribution in [3.05, 3.63) is 20.8 Å². The van der Waals surface area contributed by atoms with Crippen LogP contribution in [0.15, 0.2) is 15.9 Å². The summed E-state index contributed by atoms with van der Waals surface area (Å²) < 4.78 is 1.18. The van der Waals surface area contributed by atoms with Crippen LogP contribution in [0.3, 0.4) is 0 Å². The molecule has 4 heteroatoms. The van der Waals surface area contributed by atoms with Crippen LogP contribution in [0.2, 0.25) is 0 Å². The molecular formula is C11H17BrN2S. The standard InChI is InChI=1S/C11H17BrN2S/c12-11-6-5-10(15-11)9(14-13)7-8-3-1-2-4-8/h5-6,8-9,14H,1-4,7,13H2. The summed E-state index contributed by atoms with van der Waals surface area (Å²) in [6.07, 6.45) is 6.74. The van der Waals surface area contributed by atoms with Gasteiger partial charge in [-0.15, -0.1) is 11.3 Å². The van der Waals surface area contributed by atoms with Gasteiger partial charge in [0.15, 0.2) is 0 Å². The van der Waals surface area contributed by atoms with E-state index in [0.717, 1.165) is 5.92 Å². The first-order valence-electron chi connectivity index (χ1n) is 5.51. The van der Waals surface area contributed by atoms with E-state index in [9.17, 15) is 0 Å². The van der Waals surface area contributed by atoms with E-state index in [0.29, 0.717) is 6.04 Å². The molecule has 3 N–H and O–H groups in total. The lowest BCUT2D eigenvalue weighted by Crippen LogP contribution is -2.28. The lowest BCUT2D eigenvalue weighted by molar-refractivity contribution is 0.404. The molecule has 0 bridgehead atoms. The molecule has 1 fully saturated rings. The van der Waals surface area contributed by atoms with Gasteiger partial charge in [-0.25, -0.2) is 0 Å². The molecule has 1 aromatic rings. The molecule has 2 nitrogen and oxygen atoms in total. The Labute approximate surface area is 103 Å². The molecule has 1 heterocycles. The average Bonchev–Trinajstić information content (AvgIpc) is 2.85. The predicted molar refractivity (Wildman–Crippen MR) is 68.7 cm³/mol. The minimum atomic E-state index is 0.337. The van der Waals surface area contributed by atoms with Crippen LogP contribution in [-0.2, 0) is 0 Å². The van der Waals surface area contributed by atoms with Gasteiger partial charge >= 0.3 is 0 Å². The summed E-state index contributed by atoms with van der Waals surface area (Å²) in [6.45, 7) is 0. The maximum atomic E-state index is 5.63. The summed E-state index contributed by atoms with van der Waals surface area (Å²) in [5.74, 6) is 6.50. The number of halogens is 1. The summed E-state index contributed by atoms with van der Waals surface area (Å²) in [6, 6.07) is 4.59. The number of hydrogen-bond donors (Lipinski definition) is 2. The van der Waals surface area contributed by atoms with Gasteiger partial charge in [-0.3, -0.25) is 11.3 Å². The monoisotopic (exact) mass is 288 g/mol. The van der Waals surface area contributed by atoms with E-state index >= 15 is 0 Å². The third-order valence-electron chi connectivity index (χ3n) is 3.18. The maximum Gasteiger partial charge on any atom is 0.0702 e. The van der Waals surface area contributed by atoms with Crippen molar-refractivity contribution < 1.29 is 0 Å². The lowest BCUT2D eigenvalue weighted by atomic mass is 9.98. The van der Waals surface area contributed by atoms with Crippen LogP contribution in [0.5, 0.6) is 0 Å². The number of thiophene rings is 1. The predicted octanol–water partition coefficient (Wildman–Crippen LogP) is 3.60. The van der Waals surface area contributed by atoms with Crippen LogP contribution < -0.4 is 11.3 Å². The molecule has 1 aromatic heterocycles. The Morgan fingerprint density at radius 2 is 2.20 bits per heavy atom. The van der Waals surface area contributed by atoms with Gasteiger partial charge in [-0.1, -0.05) is 25.7 Å². The van der Waals surface area contributed by atoms with Crippen LogP contribution >= 0.6 is 27.3 Å². The highest BCUT2D eigenvalue weighted by atomic mass is 79.9. The number of hydrogen-bond acceptors (Lipinski definition) is 3. The van der Waals surface area contributed by atoms with Crippen molar-refractivity contribution in [2.24, 2.45) is 11.8 Å². The van der Waals surface area contributed by atoms with Gasteiger partial charge in [0, 0.05) is 4.88 Å². The Balaban J connectivity index is 1.97. The van der Waals surface area contributed by atoms with Crippen molar-refractivity contribution in [2.75, 3.05) is 0 Å². The molecule has 15 heavy (non-hydrogen) atoms. The Bertz CT molecular complexity index is 307. The van der Waals surface area contributed by atoms with E-state index in [1.165, 1.54) is 40.8 Å². The molecule has 2 rings (SSSR count). The fourth-order valence-electron chi connectivity index (χ4n) is 2.36. The first-order chi connectivity index (χ1) is 7.29. The molecule has 0 aromatic carbocycles. The van der Waals surface area contributed by atoms with Gasteiger partial charge in [0.1, 0.15) is 0 Å².